The molecule has 1 aliphatic rings. The number of benzene rings is 1. The van der Waals surface area contributed by atoms with Crippen molar-refractivity contribution in [3.8, 4) is 5.75 Å². The highest BCUT2D eigenvalue weighted by Gasteiger charge is 2.32. The van der Waals surface area contributed by atoms with Crippen molar-refractivity contribution >= 4 is 11.6 Å². The van der Waals surface area contributed by atoms with Crippen LogP contribution in [0.5, 0.6) is 5.75 Å². The van der Waals surface area contributed by atoms with Crippen LogP contribution >= 0.6 is 0 Å². The number of halogens is 2. The smallest absolute Gasteiger partial charge is 0.227 e. The molecule has 1 aliphatic heterocycles. The Kier molecular flexibility index (Phi) is 3.47. The lowest BCUT2D eigenvalue weighted by Gasteiger charge is -2.19. The Morgan fingerprint density at radius 2 is 2.11 bits per heavy atom. The van der Waals surface area contributed by atoms with E-state index in [4.69, 9.17) is 10.5 Å². The Bertz CT molecular complexity index is 479. The predicted octanol–water partition coefficient (Wildman–Crippen LogP) is 1.28. The number of ether oxygens (including phenoxy) is 1. The van der Waals surface area contributed by atoms with E-state index in [1.807, 2.05) is 0 Å². The summed E-state index contributed by atoms with van der Waals surface area (Å²) in [6, 6.07) is 1.92. The van der Waals surface area contributed by atoms with Gasteiger partial charge in [0.1, 0.15) is 5.75 Å². The van der Waals surface area contributed by atoms with E-state index in [1.165, 1.54) is 12.0 Å². The van der Waals surface area contributed by atoms with E-state index >= 15 is 0 Å². The second kappa shape index (κ2) is 4.89. The fourth-order valence-electron chi connectivity index (χ4n) is 2.06. The molecule has 0 radical (unpaired) electrons. The third kappa shape index (κ3) is 2.15. The lowest BCUT2D eigenvalue weighted by Crippen LogP contribution is -2.26. The zero-order chi connectivity index (χ0) is 13.3. The highest BCUT2D eigenvalue weighted by Crippen LogP contribution is 2.34. The van der Waals surface area contributed by atoms with Gasteiger partial charge in [0.25, 0.3) is 0 Å². The standard InChI is InChI=1S/C12H14F2N2O2/c1-18-11-4-9(14)8(13)3-10(11)16-6-7(5-15)2-12(16)17/h3-4,7H,2,5-6,15H2,1H3. The van der Waals surface area contributed by atoms with Crippen molar-refractivity contribution in [2.24, 2.45) is 11.7 Å². The van der Waals surface area contributed by atoms with E-state index < -0.39 is 11.6 Å². The van der Waals surface area contributed by atoms with Gasteiger partial charge in [0.2, 0.25) is 5.91 Å². The zero-order valence-corrected chi connectivity index (χ0v) is 9.95. The molecular formula is C12H14F2N2O2. The van der Waals surface area contributed by atoms with Crippen LogP contribution in [-0.4, -0.2) is 26.1 Å². The number of amides is 1. The molecule has 1 unspecified atom stereocenters. The van der Waals surface area contributed by atoms with Gasteiger partial charge in [-0.15, -0.1) is 0 Å². The van der Waals surface area contributed by atoms with Gasteiger partial charge in [-0.3, -0.25) is 4.79 Å². The molecule has 1 saturated heterocycles. The molecule has 98 valence electrons. The molecule has 0 spiro atoms. The normalized spacial score (nSPS) is 19.4. The van der Waals surface area contributed by atoms with Crippen LogP contribution in [0.2, 0.25) is 0 Å². The maximum atomic E-state index is 13.3. The Hall–Kier alpha value is -1.69. The SMILES string of the molecule is COc1cc(F)c(F)cc1N1CC(CN)CC1=O. The van der Waals surface area contributed by atoms with Gasteiger partial charge in [-0.1, -0.05) is 0 Å². The minimum Gasteiger partial charge on any atom is -0.494 e. The first-order valence-corrected chi connectivity index (χ1v) is 5.60. The number of anilines is 1. The Morgan fingerprint density at radius 1 is 1.44 bits per heavy atom. The minimum atomic E-state index is -1.00. The third-order valence-corrected chi connectivity index (χ3v) is 3.05. The number of hydrogen-bond donors (Lipinski definition) is 1. The fraction of sp³-hybridized carbons (Fsp3) is 0.417. The molecule has 1 aromatic rings. The Labute approximate surface area is 103 Å². The molecule has 0 saturated carbocycles. The molecule has 0 bridgehead atoms. The summed E-state index contributed by atoms with van der Waals surface area (Å²) in [4.78, 5) is 13.2. The number of methoxy groups -OCH3 is 1. The van der Waals surface area contributed by atoms with E-state index in [1.54, 1.807) is 0 Å². The van der Waals surface area contributed by atoms with Gasteiger partial charge in [-0.05, 0) is 12.5 Å². The van der Waals surface area contributed by atoms with Crippen molar-refractivity contribution < 1.29 is 18.3 Å². The molecular weight excluding hydrogens is 242 g/mol. The van der Waals surface area contributed by atoms with Crippen LogP contribution in [0.1, 0.15) is 6.42 Å². The van der Waals surface area contributed by atoms with Gasteiger partial charge < -0.3 is 15.4 Å². The lowest BCUT2D eigenvalue weighted by molar-refractivity contribution is -0.117. The Balaban J connectivity index is 2.38. The fourth-order valence-corrected chi connectivity index (χ4v) is 2.06. The van der Waals surface area contributed by atoms with Crippen molar-refractivity contribution in [1.29, 1.82) is 0 Å². The molecule has 2 rings (SSSR count). The van der Waals surface area contributed by atoms with Gasteiger partial charge >= 0.3 is 0 Å². The van der Waals surface area contributed by atoms with Crippen molar-refractivity contribution in [2.75, 3.05) is 25.1 Å². The van der Waals surface area contributed by atoms with Crippen molar-refractivity contribution in [3.05, 3.63) is 23.8 Å². The van der Waals surface area contributed by atoms with E-state index in [0.29, 0.717) is 19.5 Å². The molecule has 18 heavy (non-hydrogen) atoms. The van der Waals surface area contributed by atoms with Gasteiger partial charge in [-0.2, -0.15) is 0 Å². The largest absolute Gasteiger partial charge is 0.494 e. The van der Waals surface area contributed by atoms with Gasteiger partial charge in [0.05, 0.1) is 12.8 Å². The number of nitrogens with two attached hydrogens (primary N) is 1. The molecule has 6 heteroatoms. The lowest BCUT2D eigenvalue weighted by atomic mass is 10.1. The van der Waals surface area contributed by atoms with Crippen LogP contribution in [0.25, 0.3) is 0 Å². The summed E-state index contributed by atoms with van der Waals surface area (Å²) in [5, 5.41) is 0. The number of carbonyl (C=O) groups excluding carboxylic acids is 1. The molecule has 0 aliphatic carbocycles. The molecule has 1 amide bonds. The number of nitrogens with zero attached hydrogens (tertiary/aromatic N) is 1. The maximum absolute atomic E-state index is 13.3. The molecule has 1 atom stereocenters. The summed E-state index contributed by atoms with van der Waals surface area (Å²) in [5.41, 5.74) is 5.76. The molecule has 4 nitrogen and oxygen atoms in total. The second-order valence-corrected chi connectivity index (χ2v) is 4.25. The van der Waals surface area contributed by atoms with E-state index in [2.05, 4.69) is 0 Å². The quantitative estimate of drug-likeness (QED) is 0.886. The first-order chi connectivity index (χ1) is 8.56. The minimum absolute atomic E-state index is 0.0373. The van der Waals surface area contributed by atoms with Crippen molar-refractivity contribution in [3.63, 3.8) is 0 Å². The van der Waals surface area contributed by atoms with Gasteiger partial charge in [0.15, 0.2) is 11.6 Å². The van der Waals surface area contributed by atoms with Gasteiger partial charge in [0, 0.05) is 25.1 Å². The van der Waals surface area contributed by atoms with Crippen molar-refractivity contribution in [2.45, 2.75) is 6.42 Å². The van der Waals surface area contributed by atoms with Crippen LogP contribution in [0.15, 0.2) is 12.1 Å². The summed E-state index contributed by atoms with van der Waals surface area (Å²) >= 11 is 0. The third-order valence-electron chi connectivity index (χ3n) is 3.05. The predicted molar refractivity (Wildman–Crippen MR) is 62.4 cm³/mol. The average molecular weight is 256 g/mol. The summed E-state index contributed by atoms with van der Waals surface area (Å²) < 4.78 is 31.3. The first kappa shape index (κ1) is 12.8. The second-order valence-electron chi connectivity index (χ2n) is 4.25. The van der Waals surface area contributed by atoms with E-state index in [0.717, 1.165) is 12.1 Å². The highest BCUT2D eigenvalue weighted by atomic mass is 19.2. The van der Waals surface area contributed by atoms with Gasteiger partial charge in [-0.25, -0.2) is 8.78 Å². The first-order valence-electron chi connectivity index (χ1n) is 5.60. The zero-order valence-electron chi connectivity index (χ0n) is 9.95. The molecule has 0 aromatic heterocycles. The summed E-state index contributed by atoms with van der Waals surface area (Å²) in [7, 11) is 1.34. The topological polar surface area (TPSA) is 55.6 Å². The van der Waals surface area contributed by atoms with E-state index in [-0.39, 0.29) is 23.3 Å². The van der Waals surface area contributed by atoms with Crippen LogP contribution < -0.4 is 15.4 Å². The average Bonchev–Trinajstić information content (AvgIpc) is 2.73. The van der Waals surface area contributed by atoms with Crippen LogP contribution in [0, 0.1) is 17.6 Å². The molecule has 1 fully saturated rings. The maximum Gasteiger partial charge on any atom is 0.227 e. The van der Waals surface area contributed by atoms with Crippen LogP contribution in [0.4, 0.5) is 14.5 Å². The van der Waals surface area contributed by atoms with Crippen LogP contribution in [0.3, 0.4) is 0 Å². The highest BCUT2D eigenvalue weighted by molar-refractivity contribution is 5.97. The van der Waals surface area contributed by atoms with Crippen LogP contribution in [-0.2, 0) is 4.79 Å². The summed E-state index contributed by atoms with van der Waals surface area (Å²) in [5.74, 6) is -1.99. The molecule has 2 N–H and O–H groups in total. The number of carbonyl (C=O) groups is 1. The van der Waals surface area contributed by atoms with Crippen molar-refractivity contribution in [1.82, 2.24) is 0 Å². The molecule has 1 heterocycles. The number of rotatable bonds is 3. The number of hydrogen-bond acceptors (Lipinski definition) is 3. The summed E-state index contributed by atoms with van der Waals surface area (Å²) in [6.45, 7) is 0.783. The monoisotopic (exact) mass is 256 g/mol. The summed E-state index contributed by atoms with van der Waals surface area (Å²) in [6.07, 6.45) is 0.318. The van der Waals surface area contributed by atoms with E-state index in [9.17, 15) is 13.6 Å². The molecule has 1 aromatic carbocycles. The Morgan fingerprint density at radius 3 is 2.67 bits per heavy atom.